The van der Waals surface area contributed by atoms with Crippen LogP contribution in [0.15, 0.2) is 54.7 Å². The molecule has 5 heteroatoms. The molecule has 5 nitrogen and oxygen atoms in total. The summed E-state index contributed by atoms with van der Waals surface area (Å²) in [7, 11) is 0. The van der Waals surface area contributed by atoms with Gasteiger partial charge in [-0.1, -0.05) is 36.4 Å². The number of nitrogens with zero attached hydrogens (tertiary/aromatic N) is 1. The molecule has 1 atom stereocenters. The van der Waals surface area contributed by atoms with Crippen molar-refractivity contribution in [3.63, 3.8) is 0 Å². The van der Waals surface area contributed by atoms with Crippen molar-refractivity contribution in [2.75, 3.05) is 0 Å². The summed E-state index contributed by atoms with van der Waals surface area (Å²) in [6.07, 6.45) is 1.44. The van der Waals surface area contributed by atoms with Gasteiger partial charge in [0, 0.05) is 6.20 Å². The number of carbonyl (C=O) groups excluding carboxylic acids is 1. The number of esters is 1. The van der Waals surface area contributed by atoms with Gasteiger partial charge in [-0.15, -0.1) is 0 Å². The average Bonchev–Trinajstić information content (AvgIpc) is 2.47. The van der Waals surface area contributed by atoms with Crippen molar-refractivity contribution in [1.82, 2.24) is 4.98 Å². The number of carboxylic acid groups (broad SMARTS) is 1. The number of rotatable bonds is 5. The van der Waals surface area contributed by atoms with E-state index in [1.165, 1.54) is 12.3 Å². The fourth-order valence-corrected chi connectivity index (χ4v) is 1.71. The first-order valence-corrected chi connectivity index (χ1v) is 6.03. The number of carboxylic acids is 1. The van der Waals surface area contributed by atoms with E-state index in [4.69, 9.17) is 9.84 Å². The third-order valence-electron chi connectivity index (χ3n) is 2.69. The average molecular weight is 271 g/mol. The molecular formula is C15H13NO4. The Bertz CT molecular complexity index is 583. The predicted molar refractivity (Wildman–Crippen MR) is 70.9 cm³/mol. The first-order valence-electron chi connectivity index (χ1n) is 6.03. The van der Waals surface area contributed by atoms with Crippen LogP contribution in [0.1, 0.15) is 17.2 Å². The largest absolute Gasteiger partial charge is 0.480 e. The van der Waals surface area contributed by atoms with E-state index in [9.17, 15) is 9.59 Å². The highest BCUT2D eigenvalue weighted by atomic mass is 16.5. The maximum Gasteiger partial charge on any atom is 0.326 e. The molecule has 102 valence electrons. The number of ether oxygens (including phenoxy) is 1. The smallest absolute Gasteiger partial charge is 0.326 e. The second kappa shape index (κ2) is 6.47. The van der Waals surface area contributed by atoms with E-state index in [1.54, 1.807) is 24.3 Å². The molecular weight excluding hydrogens is 258 g/mol. The van der Waals surface area contributed by atoms with Crippen LogP contribution < -0.4 is 0 Å². The van der Waals surface area contributed by atoms with Gasteiger partial charge in [0.15, 0.2) is 5.92 Å². The van der Waals surface area contributed by atoms with E-state index in [0.29, 0.717) is 0 Å². The number of carbonyl (C=O) groups is 2. The standard InChI is InChI=1S/C15H13NO4/c17-14(18)13(12-8-4-5-9-16-12)15(19)20-10-11-6-2-1-3-7-11/h1-9,13H,10H2,(H,17,18). The summed E-state index contributed by atoms with van der Waals surface area (Å²) >= 11 is 0. The van der Waals surface area contributed by atoms with Gasteiger partial charge >= 0.3 is 11.9 Å². The van der Waals surface area contributed by atoms with Crippen LogP contribution in [0.2, 0.25) is 0 Å². The second-order valence-electron chi connectivity index (χ2n) is 4.12. The van der Waals surface area contributed by atoms with Crippen LogP contribution in [0, 0.1) is 0 Å². The minimum atomic E-state index is -1.40. The molecule has 2 rings (SSSR count). The number of benzene rings is 1. The van der Waals surface area contributed by atoms with Crippen molar-refractivity contribution in [3.05, 3.63) is 66.0 Å². The van der Waals surface area contributed by atoms with E-state index in [-0.39, 0.29) is 12.3 Å². The fourth-order valence-electron chi connectivity index (χ4n) is 1.71. The molecule has 0 bridgehead atoms. The molecule has 0 aliphatic heterocycles. The normalized spacial score (nSPS) is 11.6. The zero-order valence-corrected chi connectivity index (χ0v) is 10.6. The molecule has 1 N–H and O–H groups in total. The highest BCUT2D eigenvalue weighted by Crippen LogP contribution is 2.16. The Hall–Kier alpha value is -2.69. The minimum absolute atomic E-state index is 0.0380. The predicted octanol–water partition coefficient (Wildman–Crippen LogP) is 1.99. The lowest BCUT2D eigenvalue weighted by Crippen LogP contribution is -2.24. The van der Waals surface area contributed by atoms with Crippen molar-refractivity contribution in [3.8, 4) is 0 Å². The Kier molecular flexibility index (Phi) is 4.44. The topological polar surface area (TPSA) is 76.5 Å². The minimum Gasteiger partial charge on any atom is -0.480 e. The van der Waals surface area contributed by atoms with Gasteiger partial charge in [-0.3, -0.25) is 14.6 Å². The number of aliphatic carboxylic acids is 1. The van der Waals surface area contributed by atoms with Crippen LogP contribution in [0.4, 0.5) is 0 Å². The summed E-state index contributed by atoms with van der Waals surface area (Å²) in [5.41, 5.74) is 0.962. The van der Waals surface area contributed by atoms with Crippen LogP contribution >= 0.6 is 0 Å². The number of hydrogen-bond acceptors (Lipinski definition) is 4. The van der Waals surface area contributed by atoms with Gasteiger partial charge in [0.1, 0.15) is 6.61 Å². The van der Waals surface area contributed by atoms with Crippen molar-refractivity contribution in [2.45, 2.75) is 12.5 Å². The third-order valence-corrected chi connectivity index (χ3v) is 2.69. The van der Waals surface area contributed by atoms with E-state index in [1.807, 2.05) is 18.2 Å². The highest BCUT2D eigenvalue weighted by Gasteiger charge is 2.31. The molecule has 1 unspecified atom stereocenters. The Morgan fingerprint density at radius 1 is 1.10 bits per heavy atom. The molecule has 0 fully saturated rings. The molecule has 0 aliphatic carbocycles. The lowest BCUT2D eigenvalue weighted by atomic mass is 10.1. The van der Waals surface area contributed by atoms with Gasteiger partial charge in [0.2, 0.25) is 0 Å². The fraction of sp³-hybridized carbons (Fsp3) is 0.133. The molecule has 0 saturated carbocycles. The Balaban J connectivity index is 2.07. The molecule has 0 amide bonds. The quantitative estimate of drug-likeness (QED) is 0.664. The summed E-state index contributed by atoms with van der Waals surface area (Å²) in [4.78, 5) is 27.0. The molecule has 1 aromatic carbocycles. The molecule has 20 heavy (non-hydrogen) atoms. The molecule has 1 heterocycles. The highest BCUT2D eigenvalue weighted by molar-refractivity contribution is 5.99. The van der Waals surface area contributed by atoms with E-state index in [0.717, 1.165) is 5.56 Å². The van der Waals surface area contributed by atoms with Gasteiger partial charge in [0.25, 0.3) is 0 Å². The number of pyridine rings is 1. The van der Waals surface area contributed by atoms with Gasteiger partial charge < -0.3 is 9.84 Å². The van der Waals surface area contributed by atoms with Crippen LogP contribution in [0.5, 0.6) is 0 Å². The van der Waals surface area contributed by atoms with Crippen LogP contribution in [0.25, 0.3) is 0 Å². The molecule has 0 saturated heterocycles. The lowest BCUT2D eigenvalue weighted by molar-refractivity contribution is -0.155. The maximum absolute atomic E-state index is 11.9. The summed E-state index contributed by atoms with van der Waals surface area (Å²) in [5, 5.41) is 9.15. The van der Waals surface area contributed by atoms with E-state index < -0.39 is 17.9 Å². The summed E-state index contributed by atoms with van der Waals surface area (Å²) in [6, 6.07) is 13.8. The molecule has 1 aromatic heterocycles. The number of hydrogen-bond donors (Lipinski definition) is 1. The lowest BCUT2D eigenvalue weighted by Gasteiger charge is -2.11. The van der Waals surface area contributed by atoms with Gasteiger partial charge in [-0.05, 0) is 17.7 Å². The SMILES string of the molecule is O=C(O)C(C(=O)OCc1ccccc1)c1ccccn1. The van der Waals surface area contributed by atoms with Gasteiger partial charge in [-0.2, -0.15) is 0 Å². The van der Waals surface area contributed by atoms with Crippen LogP contribution in [-0.4, -0.2) is 22.0 Å². The zero-order valence-electron chi connectivity index (χ0n) is 10.6. The molecule has 0 spiro atoms. The van der Waals surface area contributed by atoms with Gasteiger partial charge in [-0.25, -0.2) is 0 Å². The number of aromatic nitrogens is 1. The molecule has 2 aromatic rings. The maximum atomic E-state index is 11.9. The Labute approximate surface area is 115 Å². The first kappa shape index (κ1) is 13.7. The Morgan fingerprint density at radius 2 is 1.80 bits per heavy atom. The second-order valence-corrected chi connectivity index (χ2v) is 4.12. The monoisotopic (exact) mass is 271 g/mol. The van der Waals surface area contributed by atoms with E-state index in [2.05, 4.69) is 4.98 Å². The van der Waals surface area contributed by atoms with Crippen molar-refractivity contribution in [1.29, 1.82) is 0 Å². The van der Waals surface area contributed by atoms with Crippen molar-refractivity contribution in [2.24, 2.45) is 0 Å². The third kappa shape index (κ3) is 3.41. The van der Waals surface area contributed by atoms with E-state index >= 15 is 0 Å². The zero-order chi connectivity index (χ0) is 14.4. The molecule has 0 radical (unpaired) electrons. The van der Waals surface area contributed by atoms with Crippen LogP contribution in [-0.2, 0) is 20.9 Å². The summed E-state index contributed by atoms with van der Waals surface area (Å²) in [5.74, 6) is -3.50. The summed E-state index contributed by atoms with van der Waals surface area (Å²) in [6.45, 7) is 0.0380. The molecule has 0 aliphatic rings. The Morgan fingerprint density at radius 3 is 2.40 bits per heavy atom. The first-order chi connectivity index (χ1) is 9.68. The summed E-state index contributed by atoms with van der Waals surface area (Å²) < 4.78 is 5.05. The van der Waals surface area contributed by atoms with Crippen molar-refractivity contribution < 1.29 is 19.4 Å². The van der Waals surface area contributed by atoms with Gasteiger partial charge in [0.05, 0.1) is 5.69 Å². The van der Waals surface area contributed by atoms with Crippen molar-refractivity contribution >= 4 is 11.9 Å². The van der Waals surface area contributed by atoms with Crippen LogP contribution in [0.3, 0.4) is 0 Å².